The van der Waals surface area contributed by atoms with E-state index in [1.165, 1.54) is 0 Å². The number of hydrogen-bond donors (Lipinski definition) is 0. The Labute approximate surface area is 86.8 Å². The van der Waals surface area contributed by atoms with Crippen molar-refractivity contribution in [2.75, 3.05) is 6.61 Å². The van der Waals surface area contributed by atoms with Crippen molar-refractivity contribution in [1.29, 1.82) is 0 Å². The summed E-state index contributed by atoms with van der Waals surface area (Å²) < 4.78 is 9.98. The van der Waals surface area contributed by atoms with E-state index in [1.807, 2.05) is 0 Å². The van der Waals surface area contributed by atoms with Crippen LogP contribution in [0.3, 0.4) is 0 Å². The number of esters is 2. The average Bonchev–Trinajstić information content (AvgIpc) is 2.25. The molecule has 0 radical (unpaired) electrons. The first-order chi connectivity index (χ1) is 7.16. The van der Waals surface area contributed by atoms with Crippen molar-refractivity contribution in [3.05, 3.63) is 35.4 Å². The third kappa shape index (κ3) is 1.98. The molecule has 2 heterocycles. The minimum atomic E-state index is -0.421. The van der Waals surface area contributed by atoms with E-state index in [1.54, 1.807) is 31.2 Å². The van der Waals surface area contributed by atoms with Crippen molar-refractivity contribution in [1.82, 2.24) is 0 Å². The van der Waals surface area contributed by atoms with E-state index in [-0.39, 0.29) is 6.61 Å². The molecule has 78 valence electrons. The van der Waals surface area contributed by atoms with Gasteiger partial charge in [-0.15, -0.1) is 0 Å². The van der Waals surface area contributed by atoms with E-state index in [2.05, 4.69) is 0 Å². The van der Waals surface area contributed by atoms with E-state index in [4.69, 9.17) is 9.47 Å². The number of fused-ring (bicyclic) bond motifs is 7. The van der Waals surface area contributed by atoms with Gasteiger partial charge in [0.15, 0.2) is 0 Å². The highest BCUT2D eigenvalue weighted by Gasteiger charge is 2.17. The van der Waals surface area contributed by atoms with Crippen LogP contribution in [0.15, 0.2) is 24.3 Å². The molecule has 2 aliphatic rings. The summed E-state index contributed by atoms with van der Waals surface area (Å²) in [6.07, 6.45) is -0.421. The highest BCUT2D eigenvalue weighted by molar-refractivity contribution is 5.93. The molecule has 0 amide bonds. The molecule has 3 rings (SSSR count). The van der Waals surface area contributed by atoms with E-state index in [9.17, 15) is 9.59 Å². The molecule has 2 aliphatic heterocycles. The predicted molar refractivity (Wildman–Crippen MR) is 51.6 cm³/mol. The van der Waals surface area contributed by atoms with Gasteiger partial charge >= 0.3 is 11.9 Å². The highest BCUT2D eigenvalue weighted by Crippen LogP contribution is 2.11. The van der Waals surface area contributed by atoms with Gasteiger partial charge in [-0.3, -0.25) is 0 Å². The van der Waals surface area contributed by atoms with Crippen LogP contribution in [0.5, 0.6) is 0 Å². The van der Waals surface area contributed by atoms with Gasteiger partial charge in [0, 0.05) is 0 Å². The summed E-state index contributed by atoms with van der Waals surface area (Å²) in [5.74, 6) is -0.793. The molecule has 0 N–H and O–H groups in total. The summed E-state index contributed by atoms with van der Waals surface area (Å²) in [6, 6.07) is 6.21. The molecular weight excluding hydrogens is 196 g/mol. The zero-order valence-corrected chi connectivity index (χ0v) is 8.23. The van der Waals surface area contributed by atoms with Crippen molar-refractivity contribution in [2.24, 2.45) is 0 Å². The SMILES string of the molecule is CC1COC(=O)c2ccc(cc2)C(=O)O1. The van der Waals surface area contributed by atoms with Gasteiger partial charge in [0.1, 0.15) is 12.7 Å². The molecule has 1 aromatic rings. The van der Waals surface area contributed by atoms with Crippen molar-refractivity contribution in [3.8, 4) is 0 Å². The van der Waals surface area contributed by atoms with E-state index < -0.39 is 18.0 Å². The van der Waals surface area contributed by atoms with E-state index in [0.29, 0.717) is 11.1 Å². The lowest BCUT2D eigenvalue weighted by molar-refractivity contribution is 0.00395. The Bertz CT molecular complexity index is 394. The molecule has 4 nitrogen and oxygen atoms in total. The summed E-state index contributed by atoms with van der Waals surface area (Å²) >= 11 is 0. The maximum absolute atomic E-state index is 11.5. The lowest BCUT2D eigenvalue weighted by atomic mass is 10.1. The Kier molecular flexibility index (Phi) is 2.41. The topological polar surface area (TPSA) is 52.6 Å². The molecule has 0 saturated heterocycles. The Morgan fingerprint density at radius 3 is 2.20 bits per heavy atom. The molecule has 0 aromatic heterocycles. The van der Waals surface area contributed by atoms with Crippen LogP contribution in [-0.2, 0) is 9.47 Å². The van der Waals surface area contributed by atoms with Gasteiger partial charge in [-0.05, 0) is 31.2 Å². The van der Waals surface area contributed by atoms with Gasteiger partial charge in [0.2, 0.25) is 0 Å². The molecule has 0 aliphatic carbocycles. The normalized spacial score (nSPS) is 20.7. The fourth-order valence-electron chi connectivity index (χ4n) is 1.30. The van der Waals surface area contributed by atoms with Crippen LogP contribution in [0.2, 0.25) is 0 Å². The Morgan fingerprint density at radius 1 is 1.07 bits per heavy atom. The number of rotatable bonds is 0. The minimum Gasteiger partial charge on any atom is -0.458 e. The first-order valence-electron chi connectivity index (χ1n) is 4.65. The molecule has 0 saturated carbocycles. The van der Waals surface area contributed by atoms with Gasteiger partial charge in [-0.2, -0.15) is 0 Å². The monoisotopic (exact) mass is 206 g/mol. The maximum atomic E-state index is 11.5. The van der Waals surface area contributed by atoms with E-state index >= 15 is 0 Å². The van der Waals surface area contributed by atoms with E-state index in [0.717, 1.165) is 0 Å². The standard InChI is InChI=1S/C11H10O4/c1-7-6-14-10(12)8-2-4-9(5-3-8)11(13)15-7/h2-5,7H,6H2,1H3. The Hall–Kier alpha value is -1.84. The molecule has 1 atom stereocenters. The van der Waals surface area contributed by atoms with Crippen LogP contribution >= 0.6 is 0 Å². The second kappa shape index (κ2) is 3.73. The maximum Gasteiger partial charge on any atom is 0.338 e. The molecule has 1 unspecified atom stereocenters. The molecular formula is C11H10O4. The highest BCUT2D eigenvalue weighted by atomic mass is 16.6. The van der Waals surface area contributed by atoms with Crippen molar-refractivity contribution in [2.45, 2.75) is 13.0 Å². The van der Waals surface area contributed by atoms with Gasteiger partial charge in [0.25, 0.3) is 0 Å². The second-order valence-electron chi connectivity index (χ2n) is 3.39. The van der Waals surface area contributed by atoms with Gasteiger partial charge in [0.05, 0.1) is 11.1 Å². The minimum absolute atomic E-state index is 0.0863. The number of benzene rings is 1. The quantitative estimate of drug-likeness (QED) is 0.602. The fraction of sp³-hybridized carbons (Fsp3) is 0.273. The number of hydrogen-bond acceptors (Lipinski definition) is 4. The van der Waals surface area contributed by atoms with Crippen LogP contribution in [0, 0.1) is 0 Å². The van der Waals surface area contributed by atoms with Crippen LogP contribution < -0.4 is 0 Å². The molecule has 0 fully saturated rings. The summed E-state index contributed by atoms with van der Waals surface area (Å²) in [4.78, 5) is 22.9. The lowest BCUT2D eigenvalue weighted by Crippen LogP contribution is -2.23. The Morgan fingerprint density at radius 2 is 1.60 bits per heavy atom. The van der Waals surface area contributed by atoms with Crippen molar-refractivity contribution in [3.63, 3.8) is 0 Å². The van der Waals surface area contributed by atoms with Crippen LogP contribution in [0.1, 0.15) is 27.6 Å². The number of ether oxygens (including phenoxy) is 2. The zero-order valence-electron chi connectivity index (χ0n) is 8.23. The smallest absolute Gasteiger partial charge is 0.338 e. The van der Waals surface area contributed by atoms with Crippen LogP contribution in [-0.4, -0.2) is 24.6 Å². The molecule has 2 bridgehead atoms. The average molecular weight is 206 g/mol. The van der Waals surface area contributed by atoms with Crippen LogP contribution in [0.25, 0.3) is 0 Å². The summed E-state index contributed by atoms with van der Waals surface area (Å²) in [5.41, 5.74) is 0.890. The molecule has 0 spiro atoms. The van der Waals surface area contributed by atoms with Crippen molar-refractivity contribution >= 4 is 11.9 Å². The van der Waals surface area contributed by atoms with Crippen LogP contribution in [0.4, 0.5) is 0 Å². The fourth-order valence-corrected chi connectivity index (χ4v) is 1.30. The summed E-state index contributed by atoms with van der Waals surface area (Å²) in [7, 11) is 0. The number of carbonyl (C=O) groups excluding carboxylic acids is 2. The largest absolute Gasteiger partial charge is 0.458 e. The molecule has 4 heteroatoms. The van der Waals surface area contributed by atoms with Crippen molar-refractivity contribution < 1.29 is 19.1 Å². The van der Waals surface area contributed by atoms with Gasteiger partial charge < -0.3 is 9.47 Å². The third-order valence-electron chi connectivity index (χ3n) is 2.11. The first kappa shape index (κ1) is 9.71. The summed E-state index contributed by atoms with van der Waals surface area (Å²) in [6.45, 7) is 1.77. The zero-order chi connectivity index (χ0) is 10.8. The summed E-state index contributed by atoms with van der Waals surface area (Å²) in [5, 5.41) is 0. The van der Waals surface area contributed by atoms with Gasteiger partial charge in [-0.25, -0.2) is 9.59 Å². The second-order valence-corrected chi connectivity index (χ2v) is 3.39. The first-order valence-corrected chi connectivity index (χ1v) is 4.65. The van der Waals surface area contributed by atoms with Gasteiger partial charge in [-0.1, -0.05) is 0 Å². The number of carbonyl (C=O) groups is 2. The molecule has 1 aromatic carbocycles. The predicted octanol–water partition coefficient (Wildman–Crippen LogP) is 1.40. The lowest BCUT2D eigenvalue weighted by Gasteiger charge is -2.15. The third-order valence-corrected chi connectivity index (χ3v) is 2.11. The molecule has 15 heavy (non-hydrogen) atoms. The Balaban J connectivity index is 2.39.